The number of carbonyl (C=O) groups excluding carboxylic acids is 2. The molecule has 0 rings (SSSR count). The molecule has 0 radical (unpaired) electrons. The topological polar surface area (TPSA) is 58.6 Å². The zero-order valence-corrected chi connectivity index (χ0v) is 10.2. The lowest BCUT2D eigenvalue weighted by molar-refractivity contribution is -0.144. The predicted molar refractivity (Wildman–Crippen MR) is 57.0 cm³/mol. The molecule has 0 saturated carbocycles. The molecule has 0 aliphatic rings. The molecule has 0 atom stereocenters. The average Bonchev–Trinajstić information content (AvgIpc) is 2.10. The molecule has 0 aromatic heterocycles. The summed E-state index contributed by atoms with van der Waals surface area (Å²) in [4.78, 5) is 22.9. The summed E-state index contributed by atoms with van der Waals surface area (Å²) in [5, 5.41) is 1.28. The van der Waals surface area contributed by atoms with Crippen molar-refractivity contribution in [3.05, 3.63) is 0 Å². The van der Waals surface area contributed by atoms with Crippen molar-refractivity contribution in [2.75, 3.05) is 7.11 Å². The standard InChI is InChI=1S/C10H20N2O3/c1-7(2)12(11-9(14)15-6)8(13)10(3,4)5/h7H,1-6H3,(H,11,14). The van der Waals surface area contributed by atoms with Gasteiger partial charge in [-0.3, -0.25) is 4.79 Å². The Kier molecular flexibility index (Phi) is 4.58. The fraction of sp³-hybridized carbons (Fsp3) is 0.800. The second kappa shape index (κ2) is 5.00. The monoisotopic (exact) mass is 216 g/mol. The minimum Gasteiger partial charge on any atom is -0.452 e. The fourth-order valence-corrected chi connectivity index (χ4v) is 0.920. The van der Waals surface area contributed by atoms with Crippen molar-refractivity contribution in [1.29, 1.82) is 0 Å². The summed E-state index contributed by atoms with van der Waals surface area (Å²) in [6.45, 7) is 9.02. The van der Waals surface area contributed by atoms with Gasteiger partial charge in [0.05, 0.1) is 7.11 Å². The number of hydrazine groups is 1. The third-order valence-corrected chi connectivity index (χ3v) is 1.77. The van der Waals surface area contributed by atoms with Crippen molar-refractivity contribution in [3.8, 4) is 0 Å². The summed E-state index contributed by atoms with van der Waals surface area (Å²) in [5.41, 5.74) is 1.86. The Hall–Kier alpha value is -1.26. The Balaban J connectivity index is 4.68. The normalized spacial score (nSPS) is 11.1. The zero-order chi connectivity index (χ0) is 12.2. The van der Waals surface area contributed by atoms with Crippen molar-refractivity contribution in [3.63, 3.8) is 0 Å². The summed E-state index contributed by atoms with van der Waals surface area (Å²) in [7, 11) is 1.26. The number of hydrogen-bond donors (Lipinski definition) is 1. The molecule has 0 bridgehead atoms. The maximum Gasteiger partial charge on any atom is 0.425 e. The van der Waals surface area contributed by atoms with E-state index >= 15 is 0 Å². The largest absolute Gasteiger partial charge is 0.452 e. The van der Waals surface area contributed by atoms with Gasteiger partial charge in [-0.2, -0.15) is 0 Å². The molecule has 5 heteroatoms. The van der Waals surface area contributed by atoms with Crippen LogP contribution in [0, 0.1) is 5.41 Å². The van der Waals surface area contributed by atoms with Crippen LogP contribution in [0.25, 0.3) is 0 Å². The van der Waals surface area contributed by atoms with Crippen molar-refractivity contribution in [2.45, 2.75) is 40.7 Å². The Morgan fingerprint density at radius 3 is 2.00 bits per heavy atom. The van der Waals surface area contributed by atoms with Crippen molar-refractivity contribution in [1.82, 2.24) is 10.4 Å². The van der Waals surface area contributed by atoms with Gasteiger partial charge < -0.3 is 4.74 Å². The van der Waals surface area contributed by atoms with Gasteiger partial charge in [-0.25, -0.2) is 15.2 Å². The van der Waals surface area contributed by atoms with Crippen molar-refractivity contribution in [2.24, 2.45) is 5.41 Å². The predicted octanol–water partition coefficient (Wildman–Crippen LogP) is 1.54. The number of amides is 2. The third-order valence-electron chi connectivity index (χ3n) is 1.77. The highest BCUT2D eigenvalue weighted by Gasteiger charge is 2.30. The molecule has 0 spiro atoms. The summed E-state index contributed by atoms with van der Waals surface area (Å²) in [6, 6.07) is -0.115. The summed E-state index contributed by atoms with van der Waals surface area (Å²) < 4.78 is 4.45. The highest BCUT2D eigenvalue weighted by molar-refractivity contribution is 5.83. The van der Waals surface area contributed by atoms with Crippen LogP contribution in [0.5, 0.6) is 0 Å². The molecule has 0 aromatic rings. The third kappa shape index (κ3) is 4.18. The van der Waals surface area contributed by atoms with E-state index < -0.39 is 11.5 Å². The van der Waals surface area contributed by atoms with E-state index in [0.29, 0.717) is 0 Å². The van der Waals surface area contributed by atoms with Gasteiger partial charge in [-0.1, -0.05) is 20.8 Å². The van der Waals surface area contributed by atoms with Crippen LogP contribution in [0.3, 0.4) is 0 Å². The number of nitrogens with one attached hydrogen (secondary N) is 1. The Morgan fingerprint density at radius 2 is 1.73 bits per heavy atom. The molecule has 0 aromatic carbocycles. The Labute approximate surface area is 90.7 Å². The number of hydrogen-bond acceptors (Lipinski definition) is 3. The van der Waals surface area contributed by atoms with Gasteiger partial charge in [0.25, 0.3) is 0 Å². The van der Waals surface area contributed by atoms with E-state index in [1.54, 1.807) is 20.8 Å². The molecule has 0 aliphatic carbocycles. The second-order valence-corrected chi connectivity index (χ2v) is 4.62. The first-order valence-electron chi connectivity index (χ1n) is 4.88. The lowest BCUT2D eigenvalue weighted by Gasteiger charge is -2.31. The first-order chi connectivity index (χ1) is 6.70. The van der Waals surface area contributed by atoms with Crippen LogP contribution in [-0.4, -0.2) is 30.2 Å². The van der Waals surface area contributed by atoms with Crippen LogP contribution >= 0.6 is 0 Å². The van der Waals surface area contributed by atoms with Crippen molar-refractivity contribution >= 4 is 12.0 Å². The van der Waals surface area contributed by atoms with E-state index in [1.165, 1.54) is 12.1 Å². The zero-order valence-electron chi connectivity index (χ0n) is 10.2. The van der Waals surface area contributed by atoms with E-state index in [-0.39, 0.29) is 11.9 Å². The van der Waals surface area contributed by atoms with E-state index in [4.69, 9.17) is 0 Å². The Morgan fingerprint density at radius 1 is 1.27 bits per heavy atom. The summed E-state index contributed by atoms with van der Waals surface area (Å²) >= 11 is 0. The molecule has 15 heavy (non-hydrogen) atoms. The molecule has 0 aliphatic heterocycles. The van der Waals surface area contributed by atoms with Gasteiger partial charge in [0.15, 0.2) is 0 Å². The molecule has 0 unspecified atom stereocenters. The lowest BCUT2D eigenvalue weighted by atomic mass is 9.95. The lowest BCUT2D eigenvalue weighted by Crippen LogP contribution is -2.53. The van der Waals surface area contributed by atoms with E-state index in [2.05, 4.69) is 10.2 Å². The van der Waals surface area contributed by atoms with Crippen LogP contribution < -0.4 is 5.43 Å². The van der Waals surface area contributed by atoms with E-state index in [1.807, 2.05) is 13.8 Å². The molecule has 0 saturated heterocycles. The number of nitrogens with zero attached hydrogens (tertiary/aromatic N) is 1. The summed E-state index contributed by atoms with van der Waals surface area (Å²) in [5.74, 6) is -0.150. The molecule has 2 amide bonds. The van der Waals surface area contributed by atoms with Gasteiger partial charge in [-0.05, 0) is 13.8 Å². The van der Waals surface area contributed by atoms with E-state index in [9.17, 15) is 9.59 Å². The molecular weight excluding hydrogens is 196 g/mol. The van der Waals surface area contributed by atoms with Crippen LogP contribution in [0.2, 0.25) is 0 Å². The molecule has 5 nitrogen and oxygen atoms in total. The maximum atomic E-state index is 11.9. The first-order valence-corrected chi connectivity index (χ1v) is 4.88. The maximum absolute atomic E-state index is 11.9. The quantitative estimate of drug-likeness (QED) is 0.676. The number of ether oxygens (including phenoxy) is 1. The van der Waals surface area contributed by atoms with E-state index in [0.717, 1.165) is 0 Å². The van der Waals surface area contributed by atoms with Gasteiger partial charge in [0, 0.05) is 11.5 Å². The highest BCUT2D eigenvalue weighted by atomic mass is 16.5. The number of methoxy groups -OCH3 is 1. The second-order valence-electron chi connectivity index (χ2n) is 4.62. The molecule has 0 heterocycles. The van der Waals surface area contributed by atoms with Crippen LogP contribution in [0.15, 0.2) is 0 Å². The number of rotatable bonds is 1. The van der Waals surface area contributed by atoms with Gasteiger partial charge in [0.2, 0.25) is 5.91 Å². The highest BCUT2D eigenvalue weighted by Crippen LogP contribution is 2.17. The fourth-order valence-electron chi connectivity index (χ4n) is 0.920. The minimum atomic E-state index is -0.638. The molecule has 88 valence electrons. The molecule has 0 fully saturated rings. The van der Waals surface area contributed by atoms with Crippen molar-refractivity contribution < 1.29 is 14.3 Å². The smallest absolute Gasteiger partial charge is 0.425 e. The minimum absolute atomic E-state index is 0.115. The van der Waals surface area contributed by atoms with Gasteiger partial charge in [0.1, 0.15) is 0 Å². The number of carbonyl (C=O) groups is 2. The van der Waals surface area contributed by atoms with Crippen LogP contribution in [0.1, 0.15) is 34.6 Å². The SMILES string of the molecule is COC(=O)NN(C(=O)C(C)(C)C)C(C)C. The Bertz CT molecular complexity index is 244. The summed E-state index contributed by atoms with van der Waals surface area (Å²) in [6.07, 6.45) is -0.638. The van der Waals surface area contributed by atoms with Crippen LogP contribution in [-0.2, 0) is 9.53 Å². The van der Waals surface area contributed by atoms with Crippen LogP contribution in [0.4, 0.5) is 4.79 Å². The van der Waals surface area contributed by atoms with Gasteiger partial charge >= 0.3 is 6.09 Å². The average molecular weight is 216 g/mol. The molecular formula is C10H20N2O3. The van der Waals surface area contributed by atoms with Gasteiger partial charge in [-0.15, -0.1) is 0 Å². The first kappa shape index (κ1) is 13.7. The molecule has 1 N–H and O–H groups in total.